The normalized spacial score (nSPS) is 16.6. The van der Waals surface area contributed by atoms with E-state index in [4.69, 9.17) is 5.73 Å². The molecular formula is C25H31F6N5O5. The number of H-pyrrole nitrogens is 1. The summed E-state index contributed by atoms with van der Waals surface area (Å²) in [5.41, 5.74) is 6.72. The third-order valence-electron chi connectivity index (χ3n) is 6.68. The van der Waals surface area contributed by atoms with E-state index in [1.165, 1.54) is 12.3 Å². The lowest BCUT2D eigenvalue weighted by molar-refractivity contribution is -0.266. The van der Waals surface area contributed by atoms with E-state index in [1.807, 2.05) is 13.1 Å². The van der Waals surface area contributed by atoms with Crippen molar-refractivity contribution < 1.29 is 50.2 Å². The Morgan fingerprint density at radius 3 is 2.20 bits per heavy atom. The van der Waals surface area contributed by atoms with Crippen LogP contribution in [0.5, 0.6) is 0 Å². The molecule has 4 N–H and O–H groups in total. The van der Waals surface area contributed by atoms with Crippen LogP contribution in [0.1, 0.15) is 63.1 Å². The van der Waals surface area contributed by atoms with E-state index in [9.17, 15) is 40.7 Å². The molecule has 16 heteroatoms. The van der Waals surface area contributed by atoms with Crippen LogP contribution in [0.15, 0.2) is 18.3 Å². The minimum Gasteiger partial charge on any atom is -0.406 e. The molecule has 3 rings (SSSR count). The molecule has 228 valence electrons. The first kappa shape index (κ1) is 32.1. The number of nitrogens with one attached hydrogen (secondary N) is 2. The van der Waals surface area contributed by atoms with Gasteiger partial charge in [0.25, 0.3) is 0 Å². The molecule has 0 saturated carbocycles. The summed E-state index contributed by atoms with van der Waals surface area (Å²) in [5.74, 6) is -11.7. The Kier molecular flexibility index (Phi) is 10.2. The van der Waals surface area contributed by atoms with Crippen molar-refractivity contribution in [2.75, 3.05) is 25.5 Å². The summed E-state index contributed by atoms with van der Waals surface area (Å²) >= 11 is 0. The van der Waals surface area contributed by atoms with Gasteiger partial charge in [0.15, 0.2) is 0 Å². The van der Waals surface area contributed by atoms with Gasteiger partial charge in [-0.05, 0) is 51.9 Å². The number of carbonyl (C=O) groups excluding carboxylic acids is 3. The van der Waals surface area contributed by atoms with Gasteiger partial charge < -0.3 is 25.5 Å². The van der Waals surface area contributed by atoms with Crippen LogP contribution in [0.2, 0.25) is 0 Å². The van der Waals surface area contributed by atoms with Crippen molar-refractivity contribution in [3.05, 3.63) is 24.0 Å². The van der Waals surface area contributed by atoms with Crippen LogP contribution in [0, 0.1) is 0 Å². The molecule has 1 atom stereocenters. The molecule has 0 aliphatic carbocycles. The molecule has 1 saturated heterocycles. The molecule has 1 aliphatic rings. The third kappa shape index (κ3) is 8.31. The van der Waals surface area contributed by atoms with E-state index < -0.39 is 42.4 Å². The highest BCUT2D eigenvalue weighted by Gasteiger charge is 2.56. The molecular weight excluding hydrogens is 564 g/mol. The van der Waals surface area contributed by atoms with Crippen LogP contribution < -0.4 is 11.1 Å². The van der Waals surface area contributed by atoms with Crippen LogP contribution in [-0.2, 0) is 23.9 Å². The van der Waals surface area contributed by atoms with E-state index in [2.05, 4.69) is 29.7 Å². The summed E-state index contributed by atoms with van der Waals surface area (Å²) in [4.78, 5) is 46.0. The van der Waals surface area contributed by atoms with Crippen molar-refractivity contribution in [3.8, 4) is 0 Å². The first-order valence-corrected chi connectivity index (χ1v) is 13.0. The number of halogens is 6. The highest BCUT2D eigenvalue weighted by Crippen LogP contribution is 2.34. The van der Waals surface area contributed by atoms with Gasteiger partial charge in [0, 0.05) is 35.8 Å². The van der Waals surface area contributed by atoms with Gasteiger partial charge in [0.1, 0.15) is 5.82 Å². The second-order valence-electron chi connectivity index (χ2n) is 9.81. The molecule has 0 aromatic carbocycles. The predicted octanol–water partition coefficient (Wildman–Crippen LogP) is 4.47. The van der Waals surface area contributed by atoms with Crippen molar-refractivity contribution in [3.63, 3.8) is 0 Å². The second kappa shape index (κ2) is 13.1. The quantitative estimate of drug-likeness (QED) is 0.141. The van der Waals surface area contributed by atoms with Crippen molar-refractivity contribution in [1.82, 2.24) is 14.9 Å². The number of nitrogens with two attached hydrogens (primary N) is 1. The minimum absolute atomic E-state index is 0.0986. The molecule has 10 nitrogen and oxygen atoms in total. The number of hydrogen-bond donors (Lipinski definition) is 3. The van der Waals surface area contributed by atoms with Gasteiger partial charge in [-0.15, -0.1) is 0 Å². The van der Waals surface area contributed by atoms with Crippen molar-refractivity contribution in [2.24, 2.45) is 5.73 Å². The SMILES string of the molecule is CN1CCC[C@@H]1c1cc2cnc(NC(=O)C(CCCCCCCN)(OC(=O)C(F)(F)F)OC(=O)C(F)(F)F)cc2[nH]1. The Labute approximate surface area is 230 Å². The maximum atomic E-state index is 13.2. The van der Waals surface area contributed by atoms with Gasteiger partial charge >= 0.3 is 36.0 Å². The van der Waals surface area contributed by atoms with Crippen LogP contribution in [0.3, 0.4) is 0 Å². The lowest BCUT2D eigenvalue weighted by Gasteiger charge is -2.31. The van der Waals surface area contributed by atoms with Crippen LogP contribution >= 0.6 is 0 Å². The van der Waals surface area contributed by atoms with E-state index in [1.54, 1.807) is 0 Å². The molecule has 0 unspecified atom stereocenters. The summed E-state index contributed by atoms with van der Waals surface area (Å²) in [7, 11) is 1.95. The number of amides is 1. The highest BCUT2D eigenvalue weighted by atomic mass is 19.4. The average Bonchev–Trinajstić information content (AvgIpc) is 3.49. The van der Waals surface area contributed by atoms with Crippen molar-refractivity contribution >= 4 is 34.6 Å². The number of alkyl halides is 6. The van der Waals surface area contributed by atoms with Gasteiger partial charge in [0.2, 0.25) is 0 Å². The number of hydrogen-bond acceptors (Lipinski definition) is 8. The lowest BCUT2D eigenvalue weighted by Crippen LogP contribution is -2.54. The number of rotatable bonds is 12. The number of esters is 2. The smallest absolute Gasteiger partial charge is 0.406 e. The average molecular weight is 596 g/mol. The lowest BCUT2D eigenvalue weighted by atomic mass is 10.0. The Bertz CT molecular complexity index is 1200. The number of ether oxygens (including phenoxy) is 2. The van der Waals surface area contributed by atoms with Gasteiger partial charge in [-0.2, -0.15) is 26.3 Å². The van der Waals surface area contributed by atoms with Gasteiger partial charge in [0.05, 0.1) is 5.52 Å². The maximum absolute atomic E-state index is 13.2. The maximum Gasteiger partial charge on any atom is 0.491 e. The zero-order valence-electron chi connectivity index (χ0n) is 22.2. The number of fused-ring (bicyclic) bond motifs is 1. The fourth-order valence-electron chi connectivity index (χ4n) is 4.59. The number of aromatic nitrogens is 2. The van der Waals surface area contributed by atoms with E-state index >= 15 is 0 Å². The summed E-state index contributed by atoms with van der Waals surface area (Å²) < 4.78 is 87.0. The summed E-state index contributed by atoms with van der Waals surface area (Å²) in [6.45, 7) is 1.26. The van der Waals surface area contributed by atoms with Crippen molar-refractivity contribution in [2.45, 2.75) is 75.5 Å². The number of carbonyl (C=O) groups is 3. The minimum atomic E-state index is -5.71. The number of anilines is 1. The molecule has 0 radical (unpaired) electrons. The molecule has 3 heterocycles. The number of unbranched alkanes of at least 4 members (excludes halogenated alkanes) is 4. The number of pyridine rings is 1. The first-order valence-electron chi connectivity index (χ1n) is 13.0. The monoisotopic (exact) mass is 595 g/mol. The molecule has 41 heavy (non-hydrogen) atoms. The van der Waals surface area contributed by atoms with Gasteiger partial charge in [-0.1, -0.05) is 19.3 Å². The molecule has 2 aromatic rings. The molecule has 0 spiro atoms. The number of nitrogens with zero attached hydrogens (tertiary/aromatic N) is 2. The van der Waals surface area contributed by atoms with E-state index in [0.717, 1.165) is 25.1 Å². The second-order valence-corrected chi connectivity index (χ2v) is 9.81. The fourth-order valence-corrected chi connectivity index (χ4v) is 4.59. The molecule has 1 fully saturated rings. The van der Waals surface area contributed by atoms with Crippen LogP contribution in [-0.4, -0.2) is 71.0 Å². The largest absolute Gasteiger partial charge is 0.491 e. The summed E-state index contributed by atoms with van der Waals surface area (Å²) in [5, 5.41) is 2.68. The van der Waals surface area contributed by atoms with Crippen molar-refractivity contribution in [1.29, 1.82) is 0 Å². The molecule has 1 amide bonds. The van der Waals surface area contributed by atoms with Gasteiger partial charge in [-0.3, -0.25) is 9.69 Å². The Hall–Kier alpha value is -3.40. The zero-order chi connectivity index (χ0) is 30.4. The van der Waals surface area contributed by atoms with E-state index in [0.29, 0.717) is 36.7 Å². The van der Waals surface area contributed by atoms with E-state index in [-0.39, 0.29) is 24.7 Å². The first-order chi connectivity index (χ1) is 19.2. The van der Waals surface area contributed by atoms with Crippen LogP contribution in [0.25, 0.3) is 10.9 Å². The summed E-state index contributed by atoms with van der Waals surface area (Å²) in [6, 6.07) is 3.24. The third-order valence-corrected chi connectivity index (χ3v) is 6.68. The fraction of sp³-hybridized carbons (Fsp3) is 0.600. The number of aromatic amines is 1. The Balaban J connectivity index is 1.91. The predicted molar refractivity (Wildman–Crippen MR) is 133 cm³/mol. The molecule has 2 aromatic heterocycles. The number of likely N-dealkylation sites (tertiary alicyclic amines) is 1. The topological polar surface area (TPSA) is 140 Å². The Morgan fingerprint density at radius 1 is 1.02 bits per heavy atom. The highest BCUT2D eigenvalue weighted by molar-refractivity contribution is 5.99. The molecule has 1 aliphatic heterocycles. The van der Waals surface area contributed by atoms with Crippen LogP contribution in [0.4, 0.5) is 32.2 Å². The van der Waals surface area contributed by atoms with Gasteiger partial charge in [-0.25, -0.2) is 14.6 Å². The standard InChI is InChI=1S/C25H31F6N5O5/c1-36-11-7-8-18(36)17-12-15-14-33-19(13-16(15)34-17)35-20(37)23(40-21(38)24(26,27)28,41-22(39)25(29,30)31)9-5-3-2-4-6-10-32/h12-14,18,34H,2-11,32H2,1H3,(H,33,35,37)/t18-/m1/s1. The zero-order valence-corrected chi connectivity index (χ0v) is 22.2. The Morgan fingerprint density at radius 2 is 1.63 bits per heavy atom. The molecule has 0 bridgehead atoms. The summed E-state index contributed by atoms with van der Waals surface area (Å²) in [6.07, 6.45) is -7.53.